The molecule has 0 aliphatic carbocycles. The van der Waals surface area contributed by atoms with Gasteiger partial charge in [0.05, 0.1) is 0 Å². The highest BCUT2D eigenvalue weighted by Gasteiger charge is 2.33. The van der Waals surface area contributed by atoms with E-state index in [9.17, 15) is 5.11 Å². The molecule has 0 heterocycles. The second-order valence-corrected chi connectivity index (χ2v) is 13.2. The fourth-order valence-corrected chi connectivity index (χ4v) is 6.11. The van der Waals surface area contributed by atoms with E-state index in [1.807, 2.05) is 0 Å². The minimum absolute atomic E-state index is 0.0397. The summed E-state index contributed by atoms with van der Waals surface area (Å²) in [4.78, 5) is 0. The van der Waals surface area contributed by atoms with Crippen LogP contribution in [0, 0.1) is 0 Å². The Bertz CT molecular complexity index is 756. The minimum atomic E-state index is -0.689. The average Bonchev–Trinajstić information content (AvgIpc) is 2.46. The Morgan fingerprint density at radius 2 is 1.27 bits per heavy atom. The smallest absolute Gasteiger partial charge is 0.127 e. The molecule has 2 rings (SSSR count). The summed E-state index contributed by atoms with van der Waals surface area (Å²) in [5.74, 6) is 0.482. The number of phenols is 1. The molecule has 1 atom stereocenters. The van der Waals surface area contributed by atoms with Crippen LogP contribution in [-0.2, 0) is 10.8 Å². The molecule has 1 N–H and O–H groups in total. The van der Waals surface area contributed by atoms with Gasteiger partial charge >= 0.3 is 0 Å². The van der Waals surface area contributed by atoms with E-state index in [2.05, 4.69) is 105 Å². The van der Waals surface area contributed by atoms with Gasteiger partial charge in [0.15, 0.2) is 0 Å². The number of rotatable bonds is 2. The molecule has 0 aromatic heterocycles. The highest BCUT2D eigenvalue weighted by Crippen LogP contribution is 2.51. The Morgan fingerprint density at radius 3 is 1.69 bits per heavy atom. The normalized spacial score (nSPS) is 14.3. The van der Waals surface area contributed by atoms with E-state index < -0.39 is 7.92 Å². The monoisotopic (exact) mass is 370 g/mol. The van der Waals surface area contributed by atoms with Crippen molar-refractivity contribution in [2.45, 2.75) is 78.3 Å². The van der Waals surface area contributed by atoms with Gasteiger partial charge in [-0.3, -0.25) is 0 Å². The summed E-state index contributed by atoms with van der Waals surface area (Å²) >= 11 is 0. The number of hydrogen-bond donors (Lipinski definition) is 1. The summed E-state index contributed by atoms with van der Waals surface area (Å²) in [5, 5.41) is 13.8. The van der Waals surface area contributed by atoms with E-state index >= 15 is 0 Å². The van der Waals surface area contributed by atoms with Crippen LogP contribution < -0.4 is 10.6 Å². The van der Waals surface area contributed by atoms with Crippen LogP contribution >= 0.6 is 7.92 Å². The molecule has 1 unspecified atom stereocenters. The van der Waals surface area contributed by atoms with Gasteiger partial charge < -0.3 is 5.11 Å². The van der Waals surface area contributed by atoms with Crippen molar-refractivity contribution in [1.82, 2.24) is 0 Å². The van der Waals surface area contributed by atoms with Crippen LogP contribution in [0.15, 0.2) is 42.5 Å². The molecule has 0 fully saturated rings. The predicted molar refractivity (Wildman–Crippen MR) is 118 cm³/mol. The van der Waals surface area contributed by atoms with Gasteiger partial charge in [-0.05, 0) is 40.8 Å². The van der Waals surface area contributed by atoms with Crippen LogP contribution in [0.25, 0.3) is 0 Å². The maximum Gasteiger partial charge on any atom is 0.127 e. The van der Waals surface area contributed by atoms with Gasteiger partial charge in [0.1, 0.15) is 5.75 Å². The van der Waals surface area contributed by atoms with Gasteiger partial charge in [-0.15, -0.1) is 0 Å². The van der Waals surface area contributed by atoms with Crippen molar-refractivity contribution in [3.8, 4) is 5.75 Å². The van der Waals surface area contributed by atoms with Crippen molar-refractivity contribution in [2.75, 3.05) is 0 Å². The maximum absolute atomic E-state index is 11.3. The van der Waals surface area contributed by atoms with Gasteiger partial charge in [0.2, 0.25) is 0 Å². The molecule has 142 valence electrons. The molecule has 2 aromatic rings. The van der Waals surface area contributed by atoms with Crippen molar-refractivity contribution in [2.24, 2.45) is 0 Å². The second-order valence-electron chi connectivity index (χ2n) is 10.2. The van der Waals surface area contributed by atoms with Crippen molar-refractivity contribution in [3.63, 3.8) is 0 Å². The zero-order valence-corrected chi connectivity index (χ0v) is 18.8. The van der Waals surface area contributed by atoms with E-state index in [1.165, 1.54) is 10.9 Å². The number of aromatic hydroxyl groups is 1. The van der Waals surface area contributed by atoms with Crippen LogP contribution in [0.4, 0.5) is 0 Å². The van der Waals surface area contributed by atoms with Crippen LogP contribution in [0.3, 0.4) is 0 Å². The Labute approximate surface area is 161 Å². The standard InChI is InChI=1S/C24H35OP/c1-22(2,3)17-15-19(23(4,5)6)21(25)20(16-17)26(24(7,8)9)18-13-11-10-12-14-18/h10-16,25H,1-9H3. The first-order valence-corrected chi connectivity index (χ1v) is 10.8. The molecule has 2 aromatic carbocycles. The Balaban J connectivity index is 2.84. The molecule has 0 radical (unpaired) electrons. The molecule has 26 heavy (non-hydrogen) atoms. The van der Waals surface area contributed by atoms with Crippen LogP contribution in [-0.4, -0.2) is 10.3 Å². The van der Waals surface area contributed by atoms with Crippen LogP contribution in [0.5, 0.6) is 5.75 Å². The SMILES string of the molecule is CC(C)(C)c1cc(P(c2ccccc2)C(C)(C)C)c(O)c(C(C)(C)C)c1. The molecule has 1 nitrogen and oxygen atoms in total. The third-order valence-electron chi connectivity index (χ3n) is 4.69. The largest absolute Gasteiger partial charge is 0.507 e. The van der Waals surface area contributed by atoms with E-state index in [1.54, 1.807) is 0 Å². The zero-order valence-electron chi connectivity index (χ0n) is 17.9. The highest BCUT2D eigenvalue weighted by molar-refractivity contribution is 7.74. The molecule has 0 saturated heterocycles. The molecular formula is C24H35OP. The summed E-state index contributed by atoms with van der Waals surface area (Å²) in [6.07, 6.45) is 0. The maximum atomic E-state index is 11.3. The molecule has 0 amide bonds. The van der Waals surface area contributed by atoms with Gasteiger partial charge in [-0.25, -0.2) is 0 Å². The van der Waals surface area contributed by atoms with Crippen LogP contribution in [0.1, 0.15) is 73.4 Å². The Morgan fingerprint density at radius 1 is 0.731 bits per heavy atom. The first kappa shape index (κ1) is 21.0. The quantitative estimate of drug-likeness (QED) is 0.622. The highest BCUT2D eigenvalue weighted by atomic mass is 31.1. The lowest BCUT2D eigenvalue weighted by molar-refractivity contribution is 0.449. The molecule has 0 saturated carbocycles. The van der Waals surface area contributed by atoms with Crippen molar-refractivity contribution in [3.05, 3.63) is 53.6 Å². The first-order chi connectivity index (χ1) is 11.7. The van der Waals surface area contributed by atoms with E-state index in [0.29, 0.717) is 5.75 Å². The van der Waals surface area contributed by atoms with Crippen molar-refractivity contribution >= 4 is 18.5 Å². The van der Waals surface area contributed by atoms with Crippen molar-refractivity contribution in [1.29, 1.82) is 0 Å². The predicted octanol–water partition coefficient (Wildman–Crippen LogP) is 6.22. The van der Waals surface area contributed by atoms with Gasteiger partial charge in [-0.2, -0.15) is 0 Å². The number of phenolic OH excluding ortho intramolecular Hbond substituents is 1. The lowest BCUT2D eigenvalue weighted by Gasteiger charge is -2.35. The fourth-order valence-electron chi connectivity index (χ4n) is 3.26. The number of hydrogen-bond acceptors (Lipinski definition) is 1. The topological polar surface area (TPSA) is 20.2 Å². The summed E-state index contributed by atoms with van der Waals surface area (Å²) in [6.45, 7) is 20.1. The van der Waals surface area contributed by atoms with E-state index in [-0.39, 0.29) is 16.0 Å². The van der Waals surface area contributed by atoms with Gasteiger partial charge in [0, 0.05) is 10.9 Å². The summed E-state index contributed by atoms with van der Waals surface area (Å²) < 4.78 is 0. The summed E-state index contributed by atoms with van der Waals surface area (Å²) in [7, 11) is -0.689. The summed E-state index contributed by atoms with van der Waals surface area (Å²) in [6, 6.07) is 15.1. The Kier molecular flexibility index (Phi) is 5.65. The van der Waals surface area contributed by atoms with E-state index in [0.717, 1.165) is 10.9 Å². The van der Waals surface area contributed by atoms with Crippen LogP contribution in [0.2, 0.25) is 0 Å². The third-order valence-corrected chi connectivity index (χ3v) is 7.67. The average molecular weight is 371 g/mol. The first-order valence-electron chi connectivity index (χ1n) is 9.46. The summed E-state index contributed by atoms with van der Waals surface area (Å²) in [5.41, 5.74) is 2.28. The molecule has 0 aliphatic rings. The zero-order chi connectivity index (χ0) is 19.9. The van der Waals surface area contributed by atoms with E-state index in [4.69, 9.17) is 0 Å². The van der Waals surface area contributed by atoms with Gasteiger partial charge in [0.25, 0.3) is 0 Å². The number of benzene rings is 2. The fraction of sp³-hybridized carbons (Fsp3) is 0.500. The minimum Gasteiger partial charge on any atom is -0.507 e. The van der Waals surface area contributed by atoms with Crippen molar-refractivity contribution < 1.29 is 5.11 Å². The van der Waals surface area contributed by atoms with Gasteiger partial charge in [-0.1, -0.05) is 98.7 Å². The molecule has 2 heteroatoms. The third kappa shape index (κ3) is 4.49. The molecule has 0 aliphatic heterocycles. The lowest BCUT2D eigenvalue weighted by Crippen LogP contribution is -2.29. The molecule has 0 spiro atoms. The molecular weight excluding hydrogens is 335 g/mol. The Hall–Kier alpha value is -1.33. The second kappa shape index (κ2) is 7.01. The lowest BCUT2D eigenvalue weighted by atomic mass is 9.80. The molecule has 0 bridgehead atoms.